The molecule has 0 unspecified atom stereocenters. The first-order chi connectivity index (χ1) is 10.7. The van der Waals surface area contributed by atoms with Gasteiger partial charge in [-0.05, 0) is 30.2 Å². The number of benzene rings is 2. The van der Waals surface area contributed by atoms with E-state index in [1.807, 2.05) is 30.3 Å². The molecule has 0 fully saturated rings. The summed E-state index contributed by atoms with van der Waals surface area (Å²) in [7, 11) is 0. The van der Waals surface area contributed by atoms with Crippen LogP contribution in [0.1, 0.15) is 35.9 Å². The van der Waals surface area contributed by atoms with Gasteiger partial charge >= 0.3 is 0 Å². The summed E-state index contributed by atoms with van der Waals surface area (Å²) in [4.78, 5) is 0. The summed E-state index contributed by atoms with van der Waals surface area (Å²) in [5.74, 6) is 0.901. The Morgan fingerprint density at radius 3 is 2.77 bits per heavy atom. The molecule has 1 aliphatic carbocycles. The Kier molecular flexibility index (Phi) is 3.25. The SMILES string of the molecule is C[C@H](N[C@H]1c2ccccc2C[C@H]1O)c1cc2ccccc2o1. The van der Waals surface area contributed by atoms with Gasteiger partial charge < -0.3 is 9.52 Å². The van der Waals surface area contributed by atoms with Gasteiger partial charge in [0, 0.05) is 11.8 Å². The number of nitrogens with one attached hydrogen (secondary N) is 1. The molecular formula is C19H19NO2. The van der Waals surface area contributed by atoms with Crippen LogP contribution >= 0.6 is 0 Å². The van der Waals surface area contributed by atoms with Crippen LogP contribution in [0.5, 0.6) is 0 Å². The summed E-state index contributed by atoms with van der Waals surface area (Å²) in [5.41, 5.74) is 3.32. The molecule has 2 N–H and O–H groups in total. The van der Waals surface area contributed by atoms with Crippen molar-refractivity contribution in [3.63, 3.8) is 0 Å². The second kappa shape index (κ2) is 5.27. The number of aliphatic hydroxyl groups is 1. The lowest BCUT2D eigenvalue weighted by Crippen LogP contribution is -2.30. The lowest BCUT2D eigenvalue weighted by molar-refractivity contribution is 0.134. The van der Waals surface area contributed by atoms with E-state index in [0.717, 1.165) is 16.7 Å². The quantitative estimate of drug-likeness (QED) is 0.773. The summed E-state index contributed by atoms with van der Waals surface area (Å²) in [6, 6.07) is 18.3. The van der Waals surface area contributed by atoms with Gasteiger partial charge in [0.1, 0.15) is 11.3 Å². The van der Waals surface area contributed by atoms with Gasteiger partial charge in [-0.3, -0.25) is 5.32 Å². The topological polar surface area (TPSA) is 45.4 Å². The molecule has 22 heavy (non-hydrogen) atoms. The molecule has 2 aromatic carbocycles. The maximum absolute atomic E-state index is 10.4. The van der Waals surface area contributed by atoms with Gasteiger partial charge in [0.2, 0.25) is 0 Å². The number of aliphatic hydroxyl groups excluding tert-OH is 1. The molecule has 3 aromatic rings. The van der Waals surface area contributed by atoms with Crippen LogP contribution in [0.15, 0.2) is 59.0 Å². The van der Waals surface area contributed by atoms with Crippen LogP contribution in [0.3, 0.4) is 0 Å². The highest BCUT2D eigenvalue weighted by Gasteiger charge is 2.32. The smallest absolute Gasteiger partial charge is 0.134 e. The minimum Gasteiger partial charge on any atom is -0.459 e. The summed E-state index contributed by atoms with van der Waals surface area (Å²) in [6.45, 7) is 2.07. The van der Waals surface area contributed by atoms with Gasteiger partial charge in [-0.2, -0.15) is 0 Å². The number of hydrogen-bond donors (Lipinski definition) is 2. The van der Waals surface area contributed by atoms with Crippen molar-refractivity contribution in [3.8, 4) is 0 Å². The molecule has 0 amide bonds. The zero-order valence-electron chi connectivity index (χ0n) is 12.5. The van der Waals surface area contributed by atoms with E-state index in [0.29, 0.717) is 6.42 Å². The van der Waals surface area contributed by atoms with Crippen molar-refractivity contribution in [2.75, 3.05) is 0 Å². The van der Waals surface area contributed by atoms with E-state index in [9.17, 15) is 5.11 Å². The Morgan fingerprint density at radius 1 is 1.14 bits per heavy atom. The van der Waals surface area contributed by atoms with Crippen molar-refractivity contribution >= 4 is 11.0 Å². The molecule has 1 heterocycles. The van der Waals surface area contributed by atoms with E-state index in [-0.39, 0.29) is 18.2 Å². The molecule has 0 bridgehead atoms. The van der Waals surface area contributed by atoms with Crippen LogP contribution in [-0.4, -0.2) is 11.2 Å². The third kappa shape index (κ3) is 2.23. The highest BCUT2D eigenvalue weighted by molar-refractivity contribution is 5.77. The van der Waals surface area contributed by atoms with Crippen molar-refractivity contribution < 1.29 is 9.52 Å². The van der Waals surface area contributed by atoms with Crippen molar-refractivity contribution in [2.24, 2.45) is 0 Å². The molecular weight excluding hydrogens is 274 g/mol. The Labute approximate surface area is 129 Å². The Hall–Kier alpha value is -2.10. The number of furan rings is 1. The van der Waals surface area contributed by atoms with Crippen molar-refractivity contribution in [3.05, 3.63) is 71.5 Å². The Bertz CT molecular complexity index is 775. The highest BCUT2D eigenvalue weighted by Crippen LogP contribution is 2.34. The molecule has 4 rings (SSSR count). The minimum absolute atomic E-state index is 0.0400. The highest BCUT2D eigenvalue weighted by atomic mass is 16.3. The molecule has 1 aliphatic rings. The second-order valence-corrected chi connectivity index (χ2v) is 6.02. The summed E-state index contributed by atoms with van der Waals surface area (Å²) < 4.78 is 5.92. The normalized spacial score (nSPS) is 21.9. The first-order valence-corrected chi connectivity index (χ1v) is 7.73. The number of rotatable bonds is 3. The number of para-hydroxylation sites is 1. The Morgan fingerprint density at radius 2 is 1.91 bits per heavy atom. The van der Waals surface area contributed by atoms with E-state index in [1.54, 1.807) is 0 Å². The number of fused-ring (bicyclic) bond motifs is 2. The van der Waals surface area contributed by atoms with E-state index in [4.69, 9.17) is 4.42 Å². The first kappa shape index (κ1) is 13.6. The average molecular weight is 293 g/mol. The molecule has 112 valence electrons. The predicted molar refractivity (Wildman–Crippen MR) is 86.7 cm³/mol. The Balaban J connectivity index is 1.60. The lowest BCUT2D eigenvalue weighted by Gasteiger charge is -2.21. The molecule has 1 aromatic heterocycles. The van der Waals surface area contributed by atoms with Gasteiger partial charge in [-0.1, -0.05) is 42.5 Å². The van der Waals surface area contributed by atoms with E-state index in [1.165, 1.54) is 11.1 Å². The van der Waals surface area contributed by atoms with Gasteiger partial charge in [-0.25, -0.2) is 0 Å². The van der Waals surface area contributed by atoms with Crippen LogP contribution in [0, 0.1) is 0 Å². The van der Waals surface area contributed by atoms with Crippen LogP contribution in [0.4, 0.5) is 0 Å². The second-order valence-electron chi connectivity index (χ2n) is 6.02. The fourth-order valence-corrected chi connectivity index (χ4v) is 3.34. The molecule has 0 spiro atoms. The third-order valence-electron chi connectivity index (χ3n) is 4.50. The van der Waals surface area contributed by atoms with Crippen LogP contribution in [0.25, 0.3) is 11.0 Å². The van der Waals surface area contributed by atoms with E-state index < -0.39 is 0 Å². The molecule has 0 saturated heterocycles. The predicted octanol–water partition coefficient (Wildman–Crippen LogP) is 3.74. The molecule has 0 radical (unpaired) electrons. The molecule has 3 nitrogen and oxygen atoms in total. The zero-order valence-corrected chi connectivity index (χ0v) is 12.5. The standard InChI is InChI=1S/C19H19NO2/c1-12(18-11-14-7-3-5-9-17(14)22-18)20-19-15-8-4-2-6-13(15)10-16(19)21/h2-9,11-12,16,19-21H,10H2,1H3/t12-,16+,19-/m0/s1. The summed E-state index contributed by atoms with van der Waals surface area (Å²) in [6.07, 6.45) is 0.324. The van der Waals surface area contributed by atoms with Crippen LogP contribution < -0.4 is 5.32 Å². The van der Waals surface area contributed by atoms with Crippen LogP contribution in [-0.2, 0) is 6.42 Å². The van der Waals surface area contributed by atoms with Crippen molar-refractivity contribution in [1.29, 1.82) is 0 Å². The van der Waals surface area contributed by atoms with Crippen molar-refractivity contribution in [2.45, 2.75) is 31.5 Å². The lowest BCUT2D eigenvalue weighted by atomic mass is 10.1. The molecule has 3 atom stereocenters. The van der Waals surface area contributed by atoms with Gasteiger partial charge in [-0.15, -0.1) is 0 Å². The van der Waals surface area contributed by atoms with E-state index in [2.05, 4.69) is 36.5 Å². The maximum atomic E-state index is 10.4. The fourth-order valence-electron chi connectivity index (χ4n) is 3.34. The molecule has 3 heteroatoms. The largest absolute Gasteiger partial charge is 0.459 e. The van der Waals surface area contributed by atoms with Gasteiger partial charge in [0.15, 0.2) is 0 Å². The van der Waals surface area contributed by atoms with Gasteiger partial charge in [0.25, 0.3) is 0 Å². The maximum Gasteiger partial charge on any atom is 0.134 e. The first-order valence-electron chi connectivity index (χ1n) is 7.73. The zero-order chi connectivity index (χ0) is 15.1. The minimum atomic E-state index is -0.385. The van der Waals surface area contributed by atoms with Gasteiger partial charge in [0.05, 0.1) is 18.2 Å². The summed E-state index contributed by atoms with van der Waals surface area (Å²) >= 11 is 0. The van der Waals surface area contributed by atoms with E-state index >= 15 is 0 Å². The van der Waals surface area contributed by atoms with Crippen molar-refractivity contribution in [1.82, 2.24) is 5.32 Å². The monoisotopic (exact) mass is 293 g/mol. The fraction of sp³-hybridized carbons (Fsp3) is 0.263. The third-order valence-corrected chi connectivity index (χ3v) is 4.50. The molecule has 0 saturated carbocycles. The number of hydrogen-bond acceptors (Lipinski definition) is 3. The molecule has 0 aliphatic heterocycles. The summed E-state index contributed by atoms with van der Waals surface area (Å²) in [5, 5.41) is 15.0. The van der Waals surface area contributed by atoms with Crippen LogP contribution in [0.2, 0.25) is 0 Å². The average Bonchev–Trinajstić information content (AvgIpc) is 3.09.